The van der Waals surface area contributed by atoms with Gasteiger partial charge >= 0.3 is 0 Å². The largest absolute Gasteiger partial charge is 0.397 e. The lowest BCUT2D eigenvalue weighted by Gasteiger charge is -2.03. The normalized spacial score (nSPS) is 11.3. The fourth-order valence-corrected chi connectivity index (χ4v) is 1.49. The molecule has 0 spiro atoms. The Kier molecular flexibility index (Phi) is 3.33. The summed E-state index contributed by atoms with van der Waals surface area (Å²) in [6.45, 7) is 0. The van der Waals surface area contributed by atoms with Gasteiger partial charge in [0.25, 0.3) is 0 Å². The molecule has 1 heterocycles. The molecule has 19 heavy (non-hydrogen) atoms. The van der Waals surface area contributed by atoms with E-state index in [1.807, 2.05) is 18.2 Å². The van der Waals surface area contributed by atoms with Gasteiger partial charge in [-0.3, -0.25) is 0 Å². The van der Waals surface area contributed by atoms with Crippen LogP contribution in [0.1, 0.15) is 0 Å². The first-order valence-corrected chi connectivity index (χ1v) is 5.39. The fraction of sp³-hybridized carbons (Fsp3) is 0. The number of nitrogens with zero attached hydrogens (tertiary/aromatic N) is 4. The molecule has 0 aliphatic rings. The van der Waals surface area contributed by atoms with Crippen molar-refractivity contribution in [3.63, 3.8) is 0 Å². The zero-order valence-electron chi connectivity index (χ0n) is 10.1. The highest BCUT2D eigenvalue weighted by molar-refractivity contribution is 5.93. The number of hydrogen-bond donors (Lipinski definition) is 4. The number of aromatic nitrogens is 2. The number of nitrogens with two attached hydrogens (primary N) is 4. The summed E-state index contributed by atoms with van der Waals surface area (Å²) in [5.41, 5.74) is 23.6. The molecule has 0 amide bonds. The molecule has 0 aliphatic carbocycles. The Morgan fingerprint density at radius 3 is 2.58 bits per heavy atom. The average Bonchev–Trinajstić information content (AvgIpc) is 2.76. The van der Waals surface area contributed by atoms with E-state index in [0.29, 0.717) is 11.4 Å². The molecule has 0 radical (unpaired) electrons. The number of nitrogen functional groups attached to an aromatic ring is 1. The number of rotatable bonds is 2. The molecule has 0 aliphatic heterocycles. The van der Waals surface area contributed by atoms with Crippen molar-refractivity contribution in [2.45, 2.75) is 0 Å². The summed E-state index contributed by atoms with van der Waals surface area (Å²) in [6, 6.07) is 7.34. The van der Waals surface area contributed by atoms with Crippen molar-refractivity contribution < 1.29 is 0 Å². The van der Waals surface area contributed by atoms with Gasteiger partial charge in [0.15, 0.2) is 5.96 Å². The van der Waals surface area contributed by atoms with Crippen LogP contribution < -0.4 is 22.9 Å². The highest BCUT2D eigenvalue weighted by atomic mass is 15.3. The Bertz CT molecular complexity index is 636. The van der Waals surface area contributed by atoms with Crippen LogP contribution in [0.3, 0.4) is 0 Å². The molecule has 98 valence electrons. The summed E-state index contributed by atoms with van der Waals surface area (Å²) in [7, 11) is 0. The Labute approximate surface area is 109 Å². The van der Waals surface area contributed by atoms with Crippen LogP contribution in [-0.2, 0) is 0 Å². The van der Waals surface area contributed by atoms with E-state index in [2.05, 4.69) is 15.1 Å². The van der Waals surface area contributed by atoms with Crippen molar-refractivity contribution in [3.8, 4) is 5.69 Å². The van der Waals surface area contributed by atoms with E-state index in [1.54, 1.807) is 16.9 Å². The molecule has 0 bridgehead atoms. The first-order valence-electron chi connectivity index (χ1n) is 5.39. The predicted octanol–water partition coefficient (Wildman–Crippen LogP) is -0.326. The maximum absolute atomic E-state index is 5.85. The van der Waals surface area contributed by atoms with Crippen molar-refractivity contribution in [3.05, 3.63) is 36.7 Å². The Morgan fingerprint density at radius 1 is 1.16 bits per heavy atom. The molecular weight excluding hydrogens is 244 g/mol. The first kappa shape index (κ1) is 12.4. The Hall–Kier alpha value is -3.03. The third-order valence-electron chi connectivity index (χ3n) is 2.24. The second-order valence-electron chi connectivity index (χ2n) is 3.71. The van der Waals surface area contributed by atoms with Crippen molar-refractivity contribution in [1.82, 2.24) is 9.78 Å². The van der Waals surface area contributed by atoms with Gasteiger partial charge in [-0.1, -0.05) is 12.1 Å². The van der Waals surface area contributed by atoms with Gasteiger partial charge in [-0.25, -0.2) is 9.67 Å². The van der Waals surface area contributed by atoms with Crippen LogP contribution in [0.4, 0.5) is 11.4 Å². The van der Waals surface area contributed by atoms with Crippen LogP contribution in [0.25, 0.3) is 5.69 Å². The second-order valence-corrected chi connectivity index (χ2v) is 3.71. The summed E-state index contributed by atoms with van der Waals surface area (Å²) in [6.07, 6.45) is 3.20. The van der Waals surface area contributed by atoms with Crippen LogP contribution in [0.5, 0.6) is 0 Å². The van der Waals surface area contributed by atoms with Gasteiger partial charge in [0.1, 0.15) is 5.69 Å². The maximum atomic E-state index is 5.85. The lowest BCUT2D eigenvalue weighted by molar-refractivity contribution is 0.883. The molecule has 2 rings (SSSR count). The van der Waals surface area contributed by atoms with Gasteiger partial charge in [0.05, 0.1) is 23.8 Å². The van der Waals surface area contributed by atoms with E-state index < -0.39 is 0 Å². The maximum Gasteiger partial charge on any atom is 0.223 e. The third-order valence-corrected chi connectivity index (χ3v) is 2.24. The second kappa shape index (κ2) is 5.08. The summed E-state index contributed by atoms with van der Waals surface area (Å²) in [5.74, 6) is -0.193. The minimum absolute atomic E-state index is 0.0411. The van der Waals surface area contributed by atoms with Crippen LogP contribution in [0.15, 0.2) is 46.6 Å². The zero-order chi connectivity index (χ0) is 13.8. The summed E-state index contributed by atoms with van der Waals surface area (Å²) < 4.78 is 1.59. The van der Waals surface area contributed by atoms with Crippen molar-refractivity contribution in [2.75, 3.05) is 5.73 Å². The molecule has 8 nitrogen and oxygen atoms in total. The fourth-order valence-electron chi connectivity index (χ4n) is 1.49. The lowest BCUT2D eigenvalue weighted by atomic mass is 10.3. The standard InChI is InChI=1S/C11H14N8/c12-8-3-1-2-4-9(8)19-6-7(5-16-19)17-11(15)18-10(13)14/h1-6H,12H2,(H6,13,14,15,17,18). The number of benzene rings is 1. The van der Waals surface area contributed by atoms with Crippen LogP contribution in [0.2, 0.25) is 0 Å². The zero-order valence-corrected chi connectivity index (χ0v) is 10.1. The topological polar surface area (TPSA) is 147 Å². The molecule has 0 fully saturated rings. The molecule has 0 saturated heterocycles. The van der Waals surface area contributed by atoms with Crippen LogP contribution >= 0.6 is 0 Å². The van der Waals surface area contributed by atoms with Gasteiger partial charge in [0, 0.05) is 0 Å². The molecule has 8 heteroatoms. The molecule has 1 aromatic heterocycles. The SMILES string of the molecule is NC(N)=NC(N)=Nc1cnn(-c2ccccc2N)c1. The smallest absolute Gasteiger partial charge is 0.223 e. The van der Waals surface area contributed by atoms with Gasteiger partial charge in [-0.15, -0.1) is 0 Å². The minimum Gasteiger partial charge on any atom is -0.397 e. The highest BCUT2D eigenvalue weighted by Crippen LogP contribution is 2.18. The first-order chi connectivity index (χ1) is 9.06. The average molecular weight is 258 g/mol. The summed E-state index contributed by atoms with van der Waals surface area (Å²) >= 11 is 0. The van der Waals surface area contributed by atoms with Gasteiger partial charge < -0.3 is 22.9 Å². The van der Waals surface area contributed by atoms with E-state index in [0.717, 1.165) is 5.69 Å². The van der Waals surface area contributed by atoms with Crippen molar-refractivity contribution >= 4 is 23.3 Å². The Morgan fingerprint density at radius 2 is 1.89 bits per heavy atom. The summed E-state index contributed by atoms with van der Waals surface area (Å²) in [4.78, 5) is 7.61. The highest BCUT2D eigenvalue weighted by Gasteiger charge is 2.03. The third kappa shape index (κ3) is 3.00. The number of aliphatic imine (C=N–C) groups is 2. The Balaban J connectivity index is 2.30. The monoisotopic (exact) mass is 258 g/mol. The molecule has 0 unspecified atom stereocenters. The molecular formula is C11H14N8. The number of para-hydroxylation sites is 2. The van der Waals surface area contributed by atoms with E-state index in [9.17, 15) is 0 Å². The van der Waals surface area contributed by atoms with E-state index >= 15 is 0 Å². The number of anilines is 1. The number of hydrogen-bond acceptors (Lipinski definition) is 3. The van der Waals surface area contributed by atoms with E-state index in [-0.39, 0.29) is 11.9 Å². The van der Waals surface area contributed by atoms with Crippen LogP contribution in [0, 0.1) is 0 Å². The quantitative estimate of drug-likeness (QED) is 0.331. The van der Waals surface area contributed by atoms with Gasteiger partial charge in [-0.05, 0) is 12.1 Å². The number of guanidine groups is 2. The van der Waals surface area contributed by atoms with E-state index in [1.165, 1.54) is 6.20 Å². The molecule has 0 saturated carbocycles. The molecule has 1 aromatic carbocycles. The molecule has 0 atom stereocenters. The molecule has 2 aromatic rings. The van der Waals surface area contributed by atoms with Crippen molar-refractivity contribution in [1.29, 1.82) is 0 Å². The predicted molar refractivity (Wildman–Crippen MR) is 75.1 cm³/mol. The van der Waals surface area contributed by atoms with Gasteiger partial charge in [-0.2, -0.15) is 10.1 Å². The minimum atomic E-state index is -0.152. The molecule has 8 N–H and O–H groups in total. The summed E-state index contributed by atoms with van der Waals surface area (Å²) in [5, 5.41) is 4.14. The van der Waals surface area contributed by atoms with Crippen molar-refractivity contribution in [2.24, 2.45) is 27.2 Å². The lowest BCUT2D eigenvalue weighted by Crippen LogP contribution is -2.26. The van der Waals surface area contributed by atoms with E-state index in [4.69, 9.17) is 22.9 Å². The van der Waals surface area contributed by atoms with Gasteiger partial charge in [0.2, 0.25) is 5.96 Å². The van der Waals surface area contributed by atoms with Crippen LogP contribution in [-0.4, -0.2) is 21.7 Å².